The van der Waals surface area contributed by atoms with Gasteiger partial charge in [0, 0.05) is 19.0 Å². The minimum atomic E-state index is 0.242. The van der Waals surface area contributed by atoms with Crippen LogP contribution in [0.3, 0.4) is 0 Å². The maximum absolute atomic E-state index is 6.20. The predicted molar refractivity (Wildman–Crippen MR) is 82.7 cm³/mol. The summed E-state index contributed by atoms with van der Waals surface area (Å²) >= 11 is 12.1. The monoisotopic (exact) mass is 307 g/mol. The van der Waals surface area contributed by atoms with Crippen LogP contribution in [-0.2, 0) is 0 Å². The summed E-state index contributed by atoms with van der Waals surface area (Å²) in [7, 11) is 0. The van der Waals surface area contributed by atoms with Crippen LogP contribution in [0.15, 0.2) is 36.5 Å². The number of halogens is 2. The Balaban J connectivity index is 1.83. The fourth-order valence-corrected chi connectivity index (χ4v) is 3.07. The van der Waals surface area contributed by atoms with Gasteiger partial charge in [0.2, 0.25) is 5.28 Å². The minimum Gasteiger partial charge on any atom is -0.355 e. The summed E-state index contributed by atoms with van der Waals surface area (Å²) in [6.07, 6.45) is 3.88. The Morgan fingerprint density at radius 1 is 1.15 bits per heavy atom. The summed E-state index contributed by atoms with van der Waals surface area (Å²) in [6.45, 7) is 1.87. The average Bonchev–Trinajstić information content (AvgIpc) is 2.51. The van der Waals surface area contributed by atoms with E-state index in [9.17, 15) is 0 Å². The SMILES string of the molecule is Clc1ncc(Cl)c(N2CCC[C@H](c3ccccc3)C2)n1. The molecule has 5 heteroatoms. The first-order valence-electron chi connectivity index (χ1n) is 6.72. The van der Waals surface area contributed by atoms with Gasteiger partial charge in [0.25, 0.3) is 0 Å². The number of anilines is 1. The average molecular weight is 308 g/mol. The van der Waals surface area contributed by atoms with Crippen LogP contribution in [0.5, 0.6) is 0 Å². The zero-order chi connectivity index (χ0) is 13.9. The molecular formula is C15H15Cl2N3. The van der Waals surface area contributed by atoms with Crippen molar-refractivity contribution in [3.8, 4) is 0 Å². The molecule has 1 aliphatic heterocycles. The highest BCUT2D eigenvalue weighted by molar-refractivity contribution is 6.33. The van der Waals surface area contributed by atoms with Crippen molar-refractivity contribution in [2.24, 2.45) is 0 Å². The van der Waals surface area contributed by atoms with Gasteiger partial charge in [-0.3, -0.25) is 0 Å². The molecule has 1 fully saturated rings. The van der Waals surface area contributed by atoms with Crippen LogP contribution in [0.4, 0.5) is 5.82 Å². The second kappa shape index (κ2) is 5.98. The topological polar surface area (TPSA) is 29.0 Å². The van der Waals surface area contributed by atoms with E-state index in [0.717, 1.165) is 25.3 Å². The molecule has 0 amide bonds. The second-order valence-electron chi connectivity index (χ2n) is 5.01. The van der Waals surface area contributed by atoms with E-state index < -0.39 is 0 Å². The van der Waals surface area contributed by atoms with Gasteiger partial charge >= 0.3 is 0 Å². The fourth-order valence-electron chi connectivity index (χ4n) is 2.73. The summed E-state index contributed by atoms with van der Waals surface area (Å²) in [5.74, 6) is 1.25. The van der Waals surface area contributed by atoms with Gasteiger partial charge in [-0.15, -0.1) is 0 Å². The molecule has 0 radical (unpaired) electrons. The first-order valence-corrected chi connectivity index (χ1v) is 7.47. The summed E-state index contributed by atoms with van der Waals surface area (Å²) < 4.78 is 0. The van der Waals surface area contributed by atoms with Gasteiger partial charge in [0.1, 0.15) is 5.02 Å². The van der Waals surface area contributed by atoms with E-state index in [2.05, 4.69) is 39.1 Å². The van der Waals surface area contributed by atoms with Crippen molar-refractivity contribution in [2.45, 2.75) is 18.8 Å². The van der Waals surface area contributed by atoms with Crippen LogP contribution in [0.2, 0.25) is 10.3 Å². The molecule has 1 aromatic heterocycles. The van der Waals surface area contributed by atoms with Crippen molar-refractivity contribution < 1.29 is 0 Å². The molecule has 104 valence electrons. The molecule has 1 saturated heterocycles. The molecule has 0 saturated carbocycles. The van der Waals surface area contributed by atoms with Crippen LogP contribution in [0.1, 0.15) is 24.3 Å². The van der Waals surface area contributed by atoms with Crippen molar-refractivity contribution in [1.29, 1.82) is 0 Å². The van der Waals surface area contributed by atoms with Gasteiger partial charge in [0.15, 0.2) is 5.82 Å². The summed E-state index contributed by atoms with van der Waals surface area (Å²) in [5.41, 5.74) is 1.37. The van der Waals surface area contributed by atoms with Gasteiger partial charge in [-0.05, 0) is 30.0 Å². The Bertz CT molecular complexity index is 589. The molecule has 0 N–H and O–H groups in total. The molecule has 2 heterocycles. The molecule has 0 aliphatic carbocycles. The Hall–Kier alpha value is -1.32. The molecule has 20 heavy (non-hydrogen) atoms. The summed E-state index contributed by atoms with van der Waals surface area (Å²) in [4.78, 5) is 10.4. The lowest BCUT2D eigenvalue weighted by Gasteiger charge is -2.34. The quantitative estimate of drug-likeness (QED) is 0.780. The maximum atomic E-state index is 6.20. The molecule has 1 aromatic carbocycles. The first kappa shape index (κ1) is 13.7. The minimum absolute atomic E-state index is 0.242. The fraction of sp³-hybridized carbons (Fsp3) is 0.333. The van der Waals surface area contributed by atoms with E-state index in [0.29, 0.717) is 10.9 Å². The van der Waals surface area contributed by atoms with Crippen molar-refractivity contribution in [3.63, 3.8) is 0 Å². The first-order chi connectivity index (χ1) is 9.74. The predicted octanol–water partition coefficient (Wildman–Crippen LogP) is 4.17. The van der Waals surface area contributed by atoms with E-state index in [-0.39, 0.29) is 5.28 Å². The lowest BCUT2D eigenvalue weighted by Crippen LogP contribution is -2.35. The highest BCUT2D eigenvalue weighted by Gasteiger charge is 2.23. The summed E-state index contributed by atoms with van der Waals surface area (Å²) in [5, 5.41) is 0.800. The maximum Gasteiger partial charge on any atom is 0.224 e. The second-order valence-corrected chi connectivity index (χ2v) is 5.75. The Morgan fingerprint density at radius 3 is 2.75 bits per heavy atom. The third kappa shape index (κ3) is 2.89. The van der Waals surface area contributed by atoms with E-state index in [1.807, 2.05) is 6.07 Å². The molecule has 0 bridgehead atoms. The Labute approximate surface area is 128 Å². The van der Waals surface area contributed by atoms with E-state index in [1.54, 1.807) is 6.20 Å². The van der Waals surface area contributed by atoms with Crippen LogP contribution >= 0.6 is 23.2 Å². The van der Waals surface area contributed by atoms with Crippen LogP contribution in [0.25, 0.3) is 0 Å². The standard InChI is InChI=1S/C15H15Cl2N3/c16-13-9-18-15(17)19-14(13)20-8-4-7-12(10-20)11-5-2-1-3-6-11/h1-3,5-6,9,12H,4,7-8,10H2/t12-/m0/s1. The lowest BCUT2D eigenvalue weighted by atomic mass is 9.91. The molecule has 1 aliphatic rings. The molecule has 3 rings (SSSR count). The molecule has 0 spiro atoms. The number of aromatic nitrogens is 2. The zero-order valence-corrected chi connectivity index (χ0v) is 12.5. The van der Waals surface area contributed by atoms with Crippen molar-refractivity contribution in [3.05, 3.63) is 52.4 Å². The van der Waals surface area contributed by atoms with Crippen LogP contribution < -0.4 is 4.90 Å². The van der Waals surface area contributed by atoms with E-state index in [1.165, 1.54) is 12.0 Å². The van der Waals surface area contributed by atoms with Gasteiger partial charge in [-0.25, -0.2) is 4.98 Å². The van der Waals surface area contributed by atoms with Gasteiger partial charge < -0.3 is 4.90 Å². The van der Waals surface area contributed by atoms with Gasteiger partial charge in [-0.1, -0.05) is 41.9 Å². The molecule has 3 nitrogen and oxygen atoms in total. The molecular weight excluding hydrogens is 293 g/mol. The Kier molecular flexibility index (Phi) is 4.08. The van der Waals surface area contributed by atoms with Gasteiger partial charge in [0.05, 0.1) is 6.20 Å². The normalized spacial score (nSPS) is 19.1. The largest absolute Gasteiger partial charge is 0.355 e. The van der Waals surface area contributed by atoms with E-state index >= 15 is 0 Å². The summed E-state index contributed by atoms with van der Waals surface area (Å²) in [6, 6.07) is 10.6. The smallest absolute Gasteiger partial charge is 0.224 e. The lowest BCUT2D eigenvalue weighted by molar-refractivity contribution is 0.507. The number of rotatable bonds is 2. The molecule has 1 atom stereocenters. The van der Waals surface area contributed by atoms with Crippen LogP contribution in [-0.4, -0.2) is 23.1 Å². The number of piperidine rings is 1. The number of nitrogens with zero attached hydrogens (tertiary/aromatic N) is 3. The number of benzene rings is 1. The highest BCUT2D eigenvalue weighted by Crippen LogP contribution is 2.32. The highest BCUT2D eigenvalue weighted by atomic mass is 35.5. The van der Waals surface area contributed by atoms with Crippen molar-refractivity contribution in [2.75, 3.05) is 18.0 Å². The van der Waals surface area contributed by atoms with Gasteiger partial charge in [-0.2, -0.15) is 4.98 Å². The molecule has 0 unspecified atom stereocenters. The third-order valence-electron chi connectivity index (χ3n) is 3.69. The Morgan fingerprint density at radius 2 is 1.95 bits per heavy atom. The van der Waals surface area contributed by atoms with Crippen molar-refractivity contribution >= 4 is 29.0 Å². The third-order valence-corrected chi connectivity index (χ3v) is 4.14. The van der Waals surface area contributed by atoms with Crippen LogP contribution in [0, 0.1) is 0 Å². The molecule has 2 aromatic rings. The number of hydrogen-bond donors (Lipinski definition) is 0. The zero-order valence-electron chi connectivity index (χ0n) is 11.0. The van der Waals surface area contributed by atoms with E-state index in [4.69, 9.17) is 23.2 Å². The number of hydrogen-bond acceptors (Lipinski definition) is 3. The van der Waals surface area contributed by atoms with Crippen molar-refractivity contribution in [1.82, 2.24) is 9.97 Å².